The molecule has 0 aromatic carbocycles. The SMILES string of the molecule is CCN(C)c1ncc(B2OC(C)(C)C(C)(C)O2)cc1F. The van der Waals surface area contributed by atoms with Crippen LogP contribution in [0.4, 0.5) is 10.2 Å². The third-order valence-electron chi connectivity index (χ3n) is 4.20. The summed E-state index contributed by atoms with van der Waals surface area (Å²) in [5.41, 5.74) is -0.269. The molecule has 20 heavy (non-hydrogen) atoms. The molecule has 2 heterocycles. The van der Waals surface area contributed by atoms with Gasteiger partial charge in [0.1, 0.15) is 0 Å². The molecule has 1 aromatic heterocycles. The molecular weight excluding hydrogens is 258 g/mol. The van der Waals surface area contributed by atoms with Gasteiger partial charge < -0.3 is 14.2 Å². The number of anilines is 1. The van der Waals surface area contributed by atoms with Crippen LogP contribution in [0.2, 0.25) is 0 Å². The molecule has 0 unspecified atom stereocenters. The van der Waals surface area contributed by atoms with Crippen LogP contribution < -0.4 is 10.4 Å². The van der Waals surface area contributed by atoms with Gasteiger partial charge in [0.25, 0.3) is 0 Å². The topological polar surface area (TPSA) is 34.6 Å². The number of nitrogens with zero attached hydrogens (tertiary/aromatic N) is 2. The van der Waals surface area contributed by atoms with Crippen LogP contribution in [0.15, 0.2) is 12.3 Å². The number of hydrogen-bond donors (Lipinski definition) is 0. The summed E-state index contributed by atoms with van der Waals surface area (Å²) in [5.74, 6) is -0.0191. The quantitative estimate of drug-likeness (QED) is 0.793. The lowest BCUT2D eigenvalue weighted by molar-refractivity contribution is 0.00578. The average Bonchev–Trinajstić information content (AvgIpc) is 2.57. The number of halogens is 1. The van der Waals surface area contributed by atoms with Gasteiger partial charge in [-0.1, -0.05) is 0 Å². The van der Waals surface area contributed by atoms with Crippen molar-refractivity contribution < 1.29 is 13.7 Å². The Labute approximate surface area is 120 Å². The molecule has 0 amide bonds. The minimum atomic E-state index is -0.581. The van der Waals surface area contributed by atoms with Gasteiger partial charge in [-0.25, -0.2) is 9.37 Å². The summed E-state index contributed by atoms with van der Waals surface area (Å²) in [5, 5.41) is 0. The van der Waals surface area contributed by atoms with Gasteiger partial charge >= 0.3 is 7.12 Å². The molecule has 0 saturated carbocycles. The zero-order valence-electron chi connectivity index (χ0n) is 13.0. The molecule has 0 N–H and O–H groups in total. The fraction of sp³-hybridized carbons (Fsp3) is 0.643. The minimum Gasteiger partial charge on any atom is -0.399 e. The van der Waals surface area contributed by atoms with E-state index in [1.807, 2.05) is 34.6 Å². The Morgan fingerprint density at radius 1 is 1.25 bits per heavy atom. The highest BCUT2D eigenvalue weighted by atomic mass is 19.1. The van der Waals surface area contributed by atoms with E-state index in [9.17, 15) is 4.39 Å². The van der Waals surface area contributed by atoms with E-state index < -0.39 is 18.3 Å². The van der Waals surface area contributed by atoms with Gasteiger partial charge in [0.05, 0.1) is 11.2 Å². The molecular formula is C14H22BFN2O2. The van der Waals surface area contributed by atoms with E-state index in [0.717, 1.165) is 0 Å². The highest BCUT2D eigenvalue weighted by Gasteiger charge is 2.51. The predicted molar refractivity (Wildman–Crippen MR) is 78.9 cm³/mol. The van der Waals surface area contributed by atoms with Gasteiger partial charge in [-0.2, -0.15) is 0 Å². The molecule has 1 aromatic rings. The van der Waals surface area contributed by atoms with Gasteiger partial charge in [0.2, 0.25) is 0 Å². The normalized spacial score (nSPS) is 20.2. The molecule has 6 heteroatoms. The summed E-state index contributed by atoms with van der Waals surface area (Å²) in [4.78, 5) is 5.93. The summed E-state index contributed by atoms with van der Waals surface area (Å²) < 4.78 is 25.9. The van der Waals surface area contributed by atoms with Gasteiger partial charge in [0, 0.05) is 25.3 Å². The Bertz CT molecular complexity index is 492. The first kappa shape index (κ1) is 15.3. The molecule has 0 atom stereocenters. The van der Waals surface area contributed by atoms with Crippen LogP contribution in [0.1, 0.15) is 34.6 Å². The van der Waals surface area contributed by atoms with E-state index >= 15 is 0 Å². The number of rotatable bonds is 3. The van der Waals surface area contributed by atoms with Crippen molar-refractivity contribution >= 4 is 18.4 Å². The maximum absolute atomic E-state index is 14.1. The number of hydrogen-bond acceptors (Lipinski definition) is 4. The van der Waals surface area contributed by atoms with Gasteiger partial charge in [-0.15, -0.1) is 0 Å². The van der Waals surface area contributed by atoms with Crippen LogP contribution in [-0.2, 0) is 9.31 Å². The van der Waals surface area contributed by atoms with E-state index in [4.69, 9.17) is 9.31 Å². The van der Waals surface area contributed by atoms with Crippen molar-refractivity contribution in [3.8, 4) is 0 Å². The average molecular weight is 280 g/mol. The minimum absolute atomic E-state index is 0.341. The van der Waals surface area contributed by atoms with Crippen LogP contribution >= 0.6 is 0 Å². The highest BCUT2D eigenvalue weighted by Crippen LogP contribution is 2.36. The fourth-order valence-electron chi connectivity index (χ4n) is 1.98. The highest BCUT2D eigenvalue weighted by molar-refractivity contribution is 6.62. The van der Waals surface area contributed by atoms with Crippen molar-refractivity contribution in [2.75, 3.05) is 18.5 Å². The van der Waals surface area contributed by atoms with Crippen molar-refractivity contribution in [2.45, 2.75) is 45.8 Å². The predicted octanol–water partition coefficient (Wildman–Crippen LogP) is 1.98. The Balaban J connectivity index is 2.26. The third kappa shape index (κ3) is 2.54. The summed E-state index contributed by atoms with van der Waals surface area (Å²) in [7, 11) is 1.22. The molecule has 1 aliphatic rings. The lowest BCUT2D eigenvalue weighted by atomic mass is 9.80. The van der Waals surface area contributed by atoms with Crippen LogP contribution in [0.3, 0.4) is 0 Å². The maximum atomic E-state index is 14.1. The van der Waals surface area contributed by atoms with Crippen LogP contribution in [-0.4, -0.2) is 36.9 Å². The van der Waals surface area contributed by atoms with E-state index in [1.165, 1.54) is 6.07 Å². The monoisotopic (exact) mass is 280 g/mol. The summed E-state index contributed by atoms with van der Waals surface area (Å²) >= 11 is 0. The molecule has 0 aliphatic carbocycles. The zero-order chi connectivity index (χ0) is 15.1. The van der Waals surface area contributed by atoms with Crippen LogP contribution in [0, 0.1) is 5.82 Å². The first-order valence-electron chi connectivity index (χ1n) is 6.90. The molecule has 1 fully saturated rings. The van der Waals surface area contributed by atoms with E-state index in [1.54, 1.807) is 18.1 Å². The van der Waals surface area contributed by atoms with E-state index in [2.05, 4.69) is 4.98 Å². The lowest BCUT2D eigenvalue weighted by Crippen LogP contribution is -2.41. The molecule has 1 aliphatic heterocycles. The van der Waals surface area contributed by atoms with Crippen LogP contribution in [0.25, 0.3) is 0 Å². The second kappa shape index (κ2) is 5.00. The molecule has 0 radical (unpaired) electrons. The zero-order valence-corrected chi connectivity index (χ0v) is 13.0. The second-order valence-corrected chi connectivity index (χ2v) is 6.18. The van der Waals surface area contributed by atoms with Crippen molar-refractivity contribution in [3.05, 3.63) is 18.1 Å². The number of aromatic nitrogens is 1. The summed E-state index contributed by atoms with van der Waals surface area (Å²) in [6.07, 6.45) is 1.62. The Kier molecular flexibility index (Phi) is 3.82. The lowest BCUT2D eigenvalue weighted by Gasteiger charge is -2.32. The van der Waals surface area contributed by atoms with Crippen molar-refractivity contribution in [2.24, 2.45) is 0 Å². The molecule has 0 bridgehead atoms. The smallest absolute Gasteiger partial charge is 0.399 e. The van der Waals surface area contributed by atoms with Crippen molar-refractivity contribution in [1.29, 1.82) is 0 Å². The third-order valence-corrected chi connectivity index (χ3v) is 4.20. The van der Waals surface area contributed by atoms with E-state index in [0.29, 0.717) is 17.8 Å². The Hall–Kier alpha value is -1.14. The van der Waals surface area contributed by atoms with E-state index in [-0.39, 0.29) is 5.82 Å². The first-order chi connectivity index (χ1) is 9.18. The Morgan fingerprint density at radius 3 is 2.25 bits per heavy atom. The molecule has 110 valence electrons. The Morgan fingerprint density at radius 2 is 1.80 bits per heavy atom. The largest absolute Gasteiger partial charge is 0.496 e. The first-order valence-corrected chi connectivity index (χ1v) is 6.90. The second-order valence-electron chi connectivity index (χ2n) is 6.18. The summed E-state index contributed by atoms with van der Waals surface area (Å²) in [6.45, 7) is 10.5. The molecule has 4 nitrogen and oxygen atoms in total. The maximum Gasteiger partial charge on any atom is 0.496 e. The van der Waals surface area contributed by atoms with Gasteiger partial charge in [-0.05, 0) is 40.7 Å². The number of pyridine rings is 1. The molecule has 2 rings (SSSR count). The van der Waals surface area contributed by atoms with Crippen LogP contribution in [0.5, 0.6) is 0 Å². The summed E-state index contributed by atoms with van der Waals surface area (Å²) in [6, 6.07) is 1.44. The van der Waals surface area contributed by atoms with Crippen molar-refractivity contribution in [3.63, 3.8) is 0 Å². The van der Waals surface area contributed by atoms with Crippen molar-refractivity contribution in [1.82, 2.24) is 4.98 Å². The molecule has 1 saturated heterocycles. The standard InChI is InChI=1S/C14H22BFN2O2/c1-7-18(6)12-11(16)8-10(9-17-12)15-19-13(2,3)14(4,5)20-15/h8-9H,7H2,1-6H3. The molecule has 0 spiro atoms. The van der Waals surface area contributed by atoms with Gasteiger partial charge in [-0.3, -0.25) is 0 Å². The van der Waals surface area contributed by atoms with Gasteiger partial charge in [0.15, 0.2) is 11.6 Å². The fourth-order valence-corrected chi connectivity index (χ4v) is 1.98.